The second kappa shape index (κ2) is 11.5. The lowest BCUT2D eigenvalue weighted by atomic mass is 10.0. The zero-order valence-corrected chi connectivity index (χ0v) is 17.3. The molecule has 23 heavy (non-hydrogen) atoms. The number of rotatable bonds is 7. The van der Waals surface area contributed by atoms with Crippen LogP contribution in [-0.4, -0.2) is 67.1 Å². The minimum atomic E-state index is 0. The number of hydrogen-bond acceptors (Lipinski definition) is 3. The smallest absolute Gasteiger partial charge is 0.188 e. The van der Waals surface area contributed by atoms with Gasteiger partial charge in [-0.2, -0.15) is 0 Å². The molecule has 5 nitrogen and oxygen atoms in total. The van der Waals surface area contributed by atoms with E-state index >= 15 is 0 Å². The van der Waals surface area contributed by atoms with E-state index in [9.17, 15) is 0 Å². The van der Waals surface area contributed by atoms with Gasteiger partial charge in [-0.1, -0.05) is 13.3 Å². The molecule has 0 radical (unpaired) electrons. The van der Waals surface area contributed by atoms with E-state index in [-0.39, 0.29) is 24.0 Å². The summed E-state index contributed by atoms with van der Waals surface area (Å²) in [5.74, 6) is 0.620. The summed E-state index contributed by atoms with van der Waals surface area (Å²) in [5, 5.41) is 3.28. The Balaban J connectivity index is 0.00000264. The molecule has 0 bridgehead atoms. The normalized spacial score (nSPS) is 27.0. The molecule has 0 spiro atoms. The third-order valence-electron chi connectivity index (χ3n) is 5.25. The quantitative estimate of drug-likeness (QED) is 0.278. The van der Waals surface area contributed by atoms with Gasteiger partial charge in [0.05, 0.1) is 6.54 Å². The molecule has 3 N–H and O–H groups in total. The van der Waals surface area contributed by atoms with Crippen molar-refractivity contribution in [1.82, 2.24) is 15.1 Å². The van der Waals surface area contributed by atoms with E-state index in [4.69, 9.17) is 5.73 Å². The van der Waals surface area contributed by atoms with Crippen molar-refractivity contribution in [2.24, 2.45) is 10.7 Å². The average molecular weight is 437 g/mol. The van der Waals surface area contributed by atoms with Gasteiger partial charge in [0.15, 0.2) is 5.96 Å². The van der Waals surface area contributed by atoms with Crippen molar-refractivity contribution in [3.63, 3.8) is 0 Å². The fraction of sp³-hybridized carbons (Fsp3) is 0.941. The molecule has 6 heteroatoms. The first-order chi connectivity index (χ1) is 10.7. The molecule has 2 rings (SSSR count). The number of hydrogen-bond donors (Lipinski definition) is 2. The molecule has 2 aliphatic heterocycles. The van der Waals surface area contributed by atoms with Gasteiger partial charge in [0.1, 0.15) is 0 Å². The van der Waals surface area contributed by atoms with Gasteiger partial charge in [-0.25, -0.2) is 0 Å². The zero-order valence-electron chi connectivity index (χ0n) is 15.0. The van der Waals surface area contributed by atoms with Crippen molar-refractivity contribution in [1.29, 1.82) is 0 Å². The first kappa shape index (κ1) is 21.0. The van der Waals surface area contributed by atoms with E-state index in [0.717, 1.165) is 32.1 Å². The monoisotopic (exact) mass is 437 g/mol. The van der Waals surface area contributed by atoms with Crippen LogP contribution in [0.25, 0.3) is 0 Å². The minimum Gasteiger partial charge on any atom is -0.370 e. The second-order valence-corrected chi connectivity index (χ2v) is 6.81. The van der Waals surface area contributed by atoms with Crippen molar-refractivity contribution in [2.45, 2.75) is 64.5 Å². The molecule has 0 aromatic rings. The highest BCUT2D eigenvalue weighted by Gasteiger charge is 2.22. The first-order valence-corrected chi connectivity index (χ1v) is 9.22. The van der Waals surface area contributed by atoms with E-state index < -0.39 is 0 Å². The van der Waals surface area contributed by atoms with E-state index in [1.54, 1.807) is 0 Å². The number of nitrogens with one attached hydrogen (secondary N) is 1. The maximum absolute atomic E-state index is 5.99. The highest BCUT2D eigenvalue weighted by Crippen LogP contribution is 2.17. The summed E-state index contributed by atoms with van der Waals surface area (Å²) in [7, 11) is 0. The van der Waals surface area contributed by atoms with Crippen LogP contribution < -0.4 is 11.1 Å². The molecule has 136 valence electrons. The van der Waals surface area contributed by atoms with Crippen LogP contribution in [0.1, 0.15) is 52.4 Å². The Labute approximate surface area is 159 Å². The Morgan fingerprint density at radius 2 is 1.96 bits per heavy atom. The molecule has 0 amide bonds. The summed E-state index contributed by atoms with van der Waals surface area (Å²) in [6.07, 6.45) is 7.81. The van der Waals surface area contributed by atoms with Crippen molar-refractivity contribution in [3.8, 4) is 0 Å². The van der Waals surface area contributed by atoms with E-state index in [0.29, 0.717) is 12.0 Å². The summed E-state index contributed by atoms with van der Waals surface area (Å²) in [6, 6.07) is 1.35. The molecular weight excluding hydrogens is 401 g/mol. The lowest BCUT2D eigenvalue weighted by Gasteiger charge is -2.33. The number of nitrogens with two attached hydrogens (primary N) is 1. The van der Waals surface area contributed by atoms with Gasteiger partial charge in [-0.05, 0) is 58.7 Å². The third kappa shape index (κ3) is 7.13. The van der Waals surface area contributed by atoms with Gasteiger partial charge in [-0.15, -0.1) is 24.0 Å². The summed E-state index contributed by atoms with van der Waals surface area (Å²) in [5.41, 5.74) is 5.99. The predicted octanol–water partition coefficient (Wildman–Crippen LogP) is 2.26. The van der Waals surface area contributed by atoms with Crippen LogP contribution >= 0.6 is 24.0 Å². The maximum Gasteiger partial charge on any atom is 0.188 e. The molecule has 2 heterocycles. The highest BCUT2D eigenvalue weighted by atomic mass is 127. The largest absolute Gasteiger partial charge is 0.370 e. The van der Waals surface area contributed by atoms with Crippen LogP contribution in [0, 0.1) is 0 Å². The van der Waals surface area contributed by atoms with E-state index in [1.807, 2.05) is 0 Å². The molecule has 2 aliphatic rings. The number of halogens is 1. The predicted molar refractivity (Wildman–Crippen MR) is 110 cm³/mol. The zero-order chi connectivity index (χ0) is 15.8. The standard InChI is InChI=1S/C17H35N5.HI/c1-3-21-12-6-9-16(21)14-20-17(18)19-10-7-13-22-11-5-4-8-15(22)2;/h15-16H,3-14H2,1-2H3,(H3,18,19,20);1H. The number of aliphatic imine (C=N–C) groups is 1. The second-order valence-electron chi connectivity index (χ2n) is 6.81. The fourth-order valence-corrected chi connectivity index (χ4v) is 3.77. The topological polar surface area (TPSA) is 56.9 Å². The number of piperidine rings is 1. The summed E-state index contributed by atoms with van der Waals surface area (Å²) < 4.78 is 0. The van der Waals surface area contributed by atoms with Crippen molar-refractivity contribution >= 4 is 29.9 Å². The van der Waals surface area contributed by atoms with Gasteiger partial charge in [0, 0.05) is 25.2 Å². The van der Waals surface area contributed by atoms with Crippen LogP contribution in [-0.2, 0) is 0 Å². The SMILES string of the molecule is CCN1CCCC1CN=C(N)NCCCN1CCCCC1C.I. The van der Waals surface area contributed by atoms with Gasteiger partial charge in [0.2, 0.25) is 0 Å². The maximum atomic E-state index is 5.99. The van der Waals surface area contributed by atoms with Crippen molar-refractivity contribution < 1.29 is 0 Å². The van der Waals surface area contributed by atoms with Crippen molar-refractivity contribution in [3.05, 3.63) is 0 Å². The Morgan fingerprint density at radius 1 is 1.17 bits per heavy atom. The van der Waals surface area contributed by atoms with Gasteiger partial charge in [-0.3, -0.25) is 9.89 Å². The Kier molecular flexibility index (Phi) is 10.5. The van der Waals surface area contributed by atoms with Crippen LogP contribution in [0.5, 0.6) is 0 Å². The van der Waals surface area contributed by atoms with Crippen LogP contribution in [0.2, 0.25) is 0 Å². The summed E-state index contributed by atoms with van der Waals surface area (Å²) in [4.78, 5) is 9.65. The number of likely N-dealkylation sites (tertiary alicyclic amines) is 2. The van der Waals surface area contributed by atoms with E-state index in [2.05, 4.69) is 34.0 Å². The molecule has 2 fully saturated rings. The average Bonchev–Trinajstić information content (AvgIpc) is 2.98. The lowest BCUT2D eigenvalue weighted by molar-refractivity contribution is 0.159. The Bertz CT molecular complexity index is 350. The number of nitrogens with zero attached hydrogens (tertiary/aromatic N) is 3. The summed E-state index contributed by atoms with van der Waals surface area (Å²) >= 11 is 0. The van der Waals surface area contributed by atoms with Gasteiger partial charge >= 0.3 is 0 Å². The molecule has 0 aromatic carbocycles. The number of likely N-dealkylation sites (N-methyl/N-ethyl adjacent to an activating group) is 1. The molecule has 0 aromatic heterocycles. The fourth-order valence-electron chi connectivity index (χ4n) is 3.77. The molecule has 2 saturated heterocycles. The van der Waals surface area contributed by atoms with Crippen LogP contribution in [0.4, 0.5) is 0 Å². The highest BCUT2D eigenvalue weighted by molar-refractivity contribution is 14.0. The Hall–Kier alpha value is -0.0800. The summed E-state index contributed by atoms with van der Waals surface area (Å²) in [6.45, 7) is 11.1. The Morgan fingerprint density at radius 3 is 2.70 bits per heavy atom. The molecule has 2 atom stereocenters. The molecular formula is C17H36IN5. The lowest BCUT2D eigenvalue weighted by Crippen LogP contribution is -2.40. The van der Waals surface area contributed by atoms with Crippen LogP contribution in [0.15, 0.2) is 4.99 Å². The number of guanidine groups is 1. The first-order valence-electron chi connectivity index (χ1n) is 9.22. The minimum absolute atomic E-state index is 0. The van der Waals surface area contributed by atoms with Crippen molar-refractivity contribution in [2.75, 3.05) is 39.3 Å². The molecule has 0 aliphatic carbocycles. The molecule has 2 unspecified atom stereocenters. The third-order valence-corrected chi connectivity index (χ3v) is 5.25. The molecule has 0 saturated carbocycles. The van der Waals surface area contributed by atoms with E-state index in [1.165, 1.54) is 51.7 Å². The van der Waals surface area contributed by atoms with Gasteiger partial charge in [0.25, 0.3) is 0 Å². The van der Waals surface area contributed by atoms with Gasteiger partial charge < -0.3 is 16.0 Å². The van der Waals surface area contributed by atoms with Crippen LogP contribution in [0.3, 0.4) is 0 Å².